The molecule has 0 bridgehead atoms. The molecule has 1 N–H and O–H groups in total. The van der Waals surface area contributed by atoms with Gasteiger partial charge in [-0.25, -0.2) is 0 Å². The molecule has 0 aliphatic rings. The molecule has 1 aromatic carbocycles. The molecule has 0 spiro atoms. The number of nitrogens with zero attached hydrogens (tertiary/aromatic N) is 2. The molecule has 22 heavy (non-hydrogen) atoms. The van der Waals surface area contributed by atoms with E-state index in [0.29, 0.717) is 18.8 Å². The van der Waals surface area contributed by atoms with Gasteiger partial charge in [0, 0.05) is 20.1 Å². The quantitative estimate of drug-likeness (QED) is 0.890. The molecule has 0 saturated carbocycles. The van der Waals surface area contributed by atoms with Crippen LogP contribution in [0.5, 0.6) is 5.75 Å². The molecule has 0 atom stereocenters. The summed E-state index contributed by atoms with van der Waals surface area (Å²) in [6.07, 6.45) is -4.38. The van der Waals surface area contributed by atoms with Crippen LogP contribution in [0, 0.1) is 0 Å². The zero-order valence-corrected chi connectivity index (χ0v) is 12.4. The van der Waals surface area contributed by atoms with Crippen molar-refractivity contribution >= 4 is 0 Å². The second-order valence-electron chi connectivity index (χ2n) is 4.82. The summed E-state index contributed by atoms with van der Waals surface area (Å²) in [4.78, 5) is 0. The lowest BCUT2D eigenvalue weighted by Gasteiger charge is -2.05. The predicted molar refractivity (Wildman–Crippen MR) is 76.4 cm³/mol. The normalized spacial score (nSPS) is 11.7. The minimum atomic E-state index is -4.38. The number of nitrogens with one attached hydrogen (secondary N) is 1. The third kappa shape index (κ3) is 4.24. The number of hydrogen-bond donors (Lipinski definition) is 1. The van der Waals surface area contributed by atoms with Gasteiger partial charge >= 0.3 is 6.18 Å². The number of aromatic nitrogens is 2. The molecular formula is C15H18F3N3O. The zero-order valence-electron chi connectivity index (χ0n) is 12.4. The Balaban J connectivity index is 1.88. The number of halogens is 3. The van der Waals surface area contributed by atoms with Gasteiger partial charge in [0.25, 0.3) is 0 Å². The number of benzene rings is 1. The van der Waals surface area contributed by atoms with Crippen LogP contribution in [0.25, 0.3) is 0 Å². The monoisotopic (exact) mass is 313 g/mol. The van der Waals surface area contributed by atoms with Crippen molar-refractivity contribution in [2.75, 3.05) is 6.61 Å². The fraction of sp³-hybridized carbons (Fsp3) is 0.400. The van der Waals surface area contributed by atoms with Crippen molar-refractivity contribution in [1.29, 1.82) is 0 Å². The summed E-state index contributed by atoms with van der Waals surface area (Å²) >= 11 is 0. The van der Waals surface area contributed by atoms with Gasteiger partial charge in [-0.3, -0.25) is 4.68 Å². The Hall–Kier alpha value is -2.02. The van der Waals surface area contributed by atoms with E-state index >= 15 is 0 Å². The maximum absolute atomic E-state index is 12.7. The summed E-state index contributed by atoms with van der Waals surface area (Å²) in [6, 6.07) is 8.62. The average Bonchev–Trinajstić information content (AvgIpc) is 2.82. The topological polar surface area (TPSA) is 39.1 Å². The lowest BCUT2D eigenvalue weighted by molar-refractivity contribution is -0.143. The summed E-state index contributed by atoms with van der Waals surface area (Å²) in [5, 5.41) is 6.94. The van der Waals surface area contributed by atoms with E-state index in [9.17, 15) is 13.2 Å². The van der Waals surface area contributed by atoms with Gasteiger partial charge in [0.05, 0.1) is 12.3 Å². The Labute approximate surface area is 126 Å². The van der Waals surface area contributed by atoms with Crippen molar-refractivity contribution in [1.82, 2.24) is 15.1 Å². The Kier molecular flexibility index (Phi) is 5.07. The predicted octanol–water partition coefficient (Wildman–Crippen LogP) is 3.13. The van der Waals surface area contributed by atoms with E-state index < -0.39 is 11.9 Å². The van der Waals surface area contributed by atoms with E-state index in [4.69, 9.17) is 4.74 Å². The second-order valence-corrected chi connectivity index (χ2v) is 4.82. The molecule has 0 saturated heterocycles. The summed E-state index contributed by atoms with van der Waals surface area (Å²) in [5.41, 5.74) is 0.640. The van der Waals surface area contributed by atoms with Gasteiger partial charge in [0.2, 0.25) is 0 Å². The van der Waals surface area contributed by atoms with E-state index in [1.165, 1.54) is 7.05 Å². The van der Waals surface area contributed by atoms with Crippen LogP contribution in [-0.4, -0.2) is 16.4 Å². The molecule has 2 aromatic rings. The molecule has 2 rings (SSSR count). The van der Waals surface area contributed by atoms with E-state index in [2.05, 4.69) is 10.4 Å². The van der Waals surface area contributed by atoms with Gasteiger partial charge in [0.15, 0.2) is 0 Å². The van der Waals surface area contributed by atoms with Crippen LogP contribution >= 0.6 is 0 Å². The highest BCUT2D eigenvalue weighted by Crippen LogP contribution is 2.29. The van der Waals surface area contributed by atoms with Gasteiger partial charge in [0.1, 0.15) is 11.4 Å². The number of hydrogen-bond acceptors (Lipinski definition) is 3. The highest BCUT2D eigenvalue weighted by Gasteiger charge is 2.34. The maximum Gasteiger partial charge on any atom is 0.433 e. The summed E-state index contributed by atoms with van der Waals surface area (Å²) in [6.45, 7) is 3.35. The first-order chi connectivity index (χ1) is 10.4. The largest absolute Gasteiger partial charge is 0.494 e. The molecule has 4 nitrogen and oxygen atoms in total. The van der Waals surface area contributed by atoms with Crippen molar-refractivity contribution in [3.8, 4) is 5.75 Å². The maximum atomic E-state index is 12.7. The van der Waals surface area contributed by atoms with Crippen LogP contribution in [0.3, 0.4) is 0 Å². The van der Waals surface area contributed by atoms with Gasteiger partial charge in [-0.1, -0.05) is 12.1 Å². The standard InChI is InChI=1S/C15H18F3N3O/c1-3-22-13-6-4-11(5-7-13)9-19-10-12-8-14(15(16,17)18)21(2)20-12/h4-8,19H,3,9-10H2,1-2H3. The third-order valence-corrected chi connectivity index (χ3v) is 3.09. The summed E-state index contributed by atoms with van der Waals surface area (Å²) < 4.78 is 44.2. The number of aryl methyl sites for hydroxylation is 1. The molecule has 0 radical (unpaired) electrons. The van der Waals surface area contributed by atoms with Crippen molar-refractivity contribution in [2.45, 2.75) is 26.2 Å². The Morgan fingerprint density at radius 1 is 1.18 bits per heavy atom. The fourth-order valence-corrected chi connectivity index (χ4v) is 2.08. The first-order valence-corrected chi connectivity index (χ1v) is 6.92. The van der Waals surface area contributed by atoms with Crippen molar-refractivity contribution in [3.63, 3.8) is 0 Å². The Bertz CT molecular complexity index is 605. The molecule has 0 fully saturated rings. The molecule has 0 aliphatic heterocycles. The SMILES string of the molecule is CCOc1ccc(CNCc2cc(C(F)(F)F)n(C)n2)cc1. The lowest BCUT2D eigenvalue weighted by Crippen LogP contribution is -2.13. The first kappa shape index (κ1) is 16.4. The highest BCUT2D eigenvalue weighted by molar-refractivity contribution is 5.27. The second kappa shape index (κ2) is 6.83. The van der Waals surface area contributed by atoms with E-state index in [1.807, 2.05) is 31.2 Å². The number of ether oxygens (including phenoxy) is 1. The van der Waals surface area contributed by atoms with Crippen LogP contribution in [-0.2, 0) is 26.3 Å². The Morgan fingerprint density at radius 3 is 2.41 bits per heavy atom. The first-order valence-electron chi connectivity index (χ1n) is 6.92. The van der Waals surface area contributed by atoms with Crippen LogP contribution in [0.2, 0.25) is 0 Å². The zero-order chi connectivity index (χ0) is 16.2. The van der Waals surface area contributed by atoms with Crippen LogP contribution in [0.1, 0.15) is 23.9 Å². The smallest absolute Gasteiger partial charge is 0.433 e. The summed E-state index contributed by atoms with van der Waals surface area (Å²) in [7, 11) is 1.29. The lowest BCUT2D eigenvalue weighted by atomic mass is 10.2. The van der Waals surface area contributed by atoms with Crippen molar-refractivity contribution < 1.29 is 17.9 Å². The molecule has 1 aromatic heterocycles. The van der Waals surface area contributed by atoms with Gasteiger partial charge in [-0.05, 0) is 30.7 Å². The van der Waals surface area contributed by atoms with Gasteiger partial charge in [-0.15, -0.1) is 0 Å². The van der Waals surface area contributed by atoms with Crippen LogP contribution < -0.4 is 10.1 Å². The van der Waals surface area contributed by atoms with Crippen molar-refractivity contribution in [2.24, 2.45) is 7.05 Å². The number of alkyl halides is 3. The highest BCUT2D eigenvalue weighted by atomic mass is 19.4. The molecule has 0 aliphatic carbocycles. The van der Waals surface area contributed by atoms with Crippen molar-refractivity contribution in [3.05, 3.63) is 47.3 Å². The summed E-state index contributed by atoms with van der Waals surface area (Å²) in [5.74, 6) is 0.797. The van der Waals surface area contributed by atoms with E-state index in [1.54, 1.807) is 0 Å². The van der Waals surface area contributed by atoms with Crippen LogP contribution in [0.4, 0.5) is 13.2 Å². The molecular weight excluding hydrogens is 295 g/mol. The molecule has 120 valence electrons. The third-order valence-electron chi connectivity index (χ3n) is 3.09. The molecule has 0 amide bonds. The van der Waals surface area contributed by atoms with Gasteiger partial charge < -0.3 is 10.1 Å². The molecule has 7 heteroatoms. The van der Waals surface area contributed by atoms with Gasteiger partial charge in [-0.2, -0.15) is 18.3 Å². The average molecular weight is 313 g/mol. The minimum absolute atomic E-state index is 0.275. The molecule has 1 heterocycles. The molecule has 0 unspecified atom stereocenters. The minimum Gasteiger partial charge on any atom is -0.494 e. The number of rotatable bonds is 6. The van der Waals surface area contributed by atoms with E-state index in [-0.39, 0.29) is 6.54 Å². The van der Waals surface area contributed by atoms with Crippen LogP contribution in [0.15, 0.2) is 30.3 Å². The Morgan fingerprint density at radius 2 is 1.86 bits per heavy atom. The fourth-order valence-electron chi connectivity index (χ4n) is 2.08. The van der Waals surface area contributed by atoms with E-state index in [0.717, 1.165) is 22.1 Å².